The average Bonchev–Trinajstić information content (AvgIpc) is 2.76. The monoisotopic (exact) mass is 418 g/mol. The van der Waals surface area contributed by atoms with Crippen molar-refractivity contribution in [3.63, 3.8) is 0 Å². The maximum atomic E-state index is 13.0. The van der Waals surface area contributed by atoms with E-state index < -0.39 is 24.1 Å². The molecule has 2 N–H and O–H groups in total. The minimum atomic E-state index is -0.788. The van der Waals surface area contributed by atoms with Crippen molar-refractivity contribution in [2.45, 2.75) is 71.1 Å². The van der Waals surface area contributed by atoms with E-state index in [1.54, 1.807) is 0 Å². The fourth-order valence-electron chi connectivity index (χ4n) is 3.83. The molecule has 2 atom stereocenters. The number of rotatable bonds is 9. The van der Waals surface area contributed by atoms with Gasteiger partial charge in [0.2, 0.25) is 5.91 Å². The molecule has 7 nitrogen and oxygen atoms in total. The molecule has 7 heteroatoms. The maximum Gasteiger partial charge on any atom is 0.408 e. The Morgan fingerprint density at radius 1 is 1.03 bits per heavy atom. The first-order chi connectivity index (χ1) is 14.4. The number of carbonyl (C=O) groups is 3. The van der Waals surface area contributed by atoms with Gasteiger partial charge >= 0.3 is 12.1 Å². The first-order valence-corrected chi connectivity index (χ1v) is 10.8. The van der Waals surface area contributed by atoms with Crippen LogP contribution in [0.1, 0.15) is 57.9 Å². The molecule has 1 fully saturated rings. The highest BCUT2D eigenvalue weighted by Crippen LogP contribution is 2.27. The van der Waals surface area contributed by atoms with Crippen LogP contribution < -0.4 is 10.6 Å². The van der Waals surface area contributed by atoms with Crippen LogP contribution in [0.5, 0.6) is 0 Å². The first-order valence-electron chi connectivity index (χ1n) is 10.8. The van der Waals surface area contributed by atoms with E-state index in [4.69, 9.17) is 9.47 Å². The second kappa shape index (κ2) is 12.2. The molecule has 30 heavy (non-hydrogen) atoms. The Labute approximate surface area is 178 Å². The molecular formula is C23H34N2O5. The van der Waals surface area contributed by atoms with Gasteiger partial charge in [0.15, 0.2) is 0 Å². The summed E-state index contributed by atoms with van der Waals surface area (Å²) in [4.78, 5) is 37.6. The van der Waals surface area contributed by atoms with Crippen LogP contribution in [0.15, 0.2) is 30.3 Å². The van der Waals surface area contributed by atoms with E-state index in [0.29, 0.717) is 6.42 Å². The molecule has 2 rings (SSSR count). The summed E-state index contributed by atoms with van der Waals surface area (Å²) < 4.78 is 10.2. The van der Waals surface area contributed by atoms with E-state index in [1.807, 2.05) is 44.2 Å². The number of benzene rings is 1. The first kappa shape index (κ1) is 23.7. The van der Waals surface area contributed by atoms with Crippen molar-refractivity contribution in [3.8, 4) is 0 Å². The molecule has 1 aromatic rings. The van der Waals surface area contributed by atoms with Gasteiger partial charge in [-0.3, -0.25) is 4.79 Å². The lowest BCUT2D eigenvalue weighted by Gasteiger charge is -2.30. The number of ether oxygens (including phenoxy) is 2. The Bertz CT molecular complexity index is 686. The third-order valence-corrected chi connectivity index (χ3v) is 5.40. The molecule has 2 amide bonds. The normalized spacial score (nSPS) is 16.4. The van der Waals surface area contributed by atoms with Crippen LogP contribution in [0.2, 0.25) is 0 Å². The Kier molecular flexibility index (Phi) is 9.64. The minimum Gasteiger partial charge on any atom is -0.467 e. The third-order valence-electron chi connectivity index (χ3n) is 5.40. The van der Waals surface area contributed by atoms with Crippen molar-refractivity contribution in [3.05, 3.63) is 35.9 Å². The van der Waals surface area contributed by atoms with Crippen molar-refractivity contribution < 1.29 is 23.9 Å². The summed E-state index contributed by atoms with van der Waals surface area (Å²) in [5, 5.41) is 5.50. The summed E-state index contributed by atoms with van der Waals surface area (Å²) in [6, 6.07) is 7.85. The SMILES string of the molecule is COC(=O)[C@@H](NC(=O)[C@H](CC(C)C)NC(=O)OCc1ccccc1)C1CCCCC1. The number of hydrogen-bond acceptors (Lipinski definition) is 5. The molecule has 0 heterocycles. The summed E-state index contributed by atoms with van der Waals surface area (Å²) in [5.41, 5.74) is 0.862. The fourth-order valence-corrected chi connectivity index (χ4v) is 3.83. The largest absolute Gasteiger partial charge is 0.467 e. The van der Waals surface area contributed by atoms with Crippen LogP contribution in [-0.4, -0.2) is 37.2 Å². The van der Waals surface area contributed by atoms with E-state index in [-0.39, 0.29) is 24.3 Å². The summed E-state index contributed by atoms with van der Waals surface area (Å²) in [6.45, 7) is 4.06. The molecule has 0 aliphatic heterocycles. The Balaban J connectivity index is 1.99. The predicted octanol–water partition coefficient (Wildman–Crippen LogP) is 3.57. The van der Waals surface area contributed by atoms with E-state index in [9.17, 15) is 14.4 Å². The van der Waals surface area contributed by atoms with Crippen molar-refractivity contribution in [1.82, 2.24) is 10.6 Å². The molecule has 1 aliphatic rings. The molecule has 1 aromatic carbocycles. The zero-order valence-corrected chi connectivity index (χ0v) is 18.2. The van der Waals surface area contributed by atoms with Crippen molar-refractivity contribution >= 4 is 18.0 Å². The number of alkyl carbamates (subject to hydrolysis) is 1. The van der Waals surface area contributed by atoms with Gasteiger partial charge < -0.3 is 20.1 Å². The van der Waals surface area contributed by atoms with Crippen LogP contribution >= 0.6 is 0 Å². The highest BCUT2D eigenvalue weighted by Gasteiger charge is 2.34. The summed E-state index contributed by atoms with van der Waals surface area (Å²) in [7, 11) is 1.33. The zero-order valence-electron chi connectivity index (χ0n) is 18.2. The van der Waals surface area contributed by atoms with Crippen LogP contribution in [0.25, 0.3) is 0 Å². The molecule has 1 saturated carbocycles. The van der Waals surface area contributed by atoms with Gasteiger partial charge in [-0.2, -0.15) is 0 Å². The lowest BCUT2D eigenvalue weighted by Crippen LogP contribution is -2.54. The van der Waals surface area contributed by atoms with Crippen LogP contribution in [0, 0.1) is 11.8 Å². The van der Waals surface area contributed by atoms with E-state index >= 15 is 0 Å². The Morgan fingerprint density at radius 3 is 2.30 bits per heavy atom. The molecule has 0 radical (unpaired) electrons. The summed E-state index contributed by atoms with van der Waals surface area (Å²) >= 11 is 0. The van der Waals surface area contributed by atoms with E-state index in [0.717, 1.165) is 37.7 Å². The molecule has 0 spiro atoms. The molecule has 0 unspecified atom stereocenters. The number of esters is 1. The maximum absolute atomic E-state index is 13.0. The van der Waals surface area contributed by atoms with Crippen molar-refractivity contribution in [2.75, 3.05) is 7.11 Å². The highest BCUT2D eigenvalue weighted by atomic mass is 16.5. The van der Waals surface area contributed by atoms with Gasteiger partial charge in [-0.15, -0.1) is 0 Å². The lowest BCUT2D eigenvalue weighted by atomic mass is 9.83. The molecular weight excluding hydrogens is 384 g/mol. The van der Waals surface area contributed by atoms with E-state index in [1.165, 1.54) is 7.11 Å². The van der Waals surface area contributed by atoms with Gasteiger partial charge in [-0.25, -0.2) is 9.59 Å². The minimum absolute atomic E-state index is 0.0554. The topological polar surface area (TPSA) is 93.7 Å². The number of carbonyl (C=O) groups excluding carboxylic acids is 3. The van der Waals surface area contributed by atoms with Crippen LogP contribution in [0.4, 0.5) is 4.79 Å². The van der Waals surface area contributed by atoms with Gasteiger partial charge in [0, 0.05) is 0 Å². The van der Waals surface area contributed by atoms with Crippen molar-refractivity contribution in [2.24, 2.45) is 11.8 Å². The number of amides is 2. The molecule has 166 valence electrons. The quantitative estimate of drug-likeness (QED) is 0.598. The smallest absolute Gasteiger partial charge is 0.408 e. The van der Waals surface area contributed by atoms with Gasteiger partial charge in [-0.05, 0) is 36.7 Å². The van der Waals surface area contributed by atoms with E-state index in [2.05, 4.69) is 10.6 Å². The standard InChI is InChI=1S/C23H34N2O5/c1-16(2)14-19(24-23(28)30-15-17-10-6-4-7-11-17)21(26)25-20(22(27)29-3)18-12-8-5-9-13-18/h4,6-7,10-11,16,18-20H,5,8-9,12-15H2,1-3H3,(H,24,28)(H,25,26)/t19-,20-/m0/s1. The number of methoxy groups -OCH3 is 1. The van der Waals surface area contributed by atoms with Gasteiger partial charge in [-0.1, -0.05) is 63.4 Å². The molecule has 0 saturated heterocycles. The second-order valence-electron chi connectivity index (χ2n) is 8.30. The highest BCUT2D eigenvalue weighted by molar-refractivity contribution is 5.89. The number of nitrogens with one attached hydrogen (secondary N) is 2. The molecule has 1 aliphatic carbocycles. The zero-order chi connectivity index (χ0) is 21.9. The van der Waals surface area contributed by atoms with Crippen molar-refractivity contribution in [1.29, 1.82) is 0 Å². The average molecular weight is 419 g/mol. The predicted molar refractivity (Wildman–Crippen MR) is 114 cm³/mol. The van der Waals surface area contributed by atoms with Crippen LogP contribution in [-0.2, 0) is 25.7 Å². The van der Waals surface area contributed by atoms with Crippen LogP contribution in [0.3, 0.4) is 0 Å². The van der Waals surface area contributed by atoms with Gasteiger partial charge in [0.25, 0.3) is 0 Å². The third kappa shape index (κ3) is 7.69. The Morgan fingerprint density at radius 2 is 1.70 bits per heavy atom. The second-order valence-corrected chi connectivity index (χ2v) is 8.30. The lowest BCUT2D eigenvalue weighted by molar-refractivity contribution is -0.147. The fraction of sp³-hybridized carbons (Fsp3) is 0.609. The molecule has 0 aromatic heterocycles. The summed E-state index contributed by atoms with van der Waals surface area (Å²) in [5.74, 6) is -0.604. The Hall–Kier alpha value is -2.57. The van der Waals surface area contributed by atoms with Gasteiger partial charge in [0.05, 0.1) is 7.11 Å². The van der Waals surface area contributed by atoms with Gasteiger partial charge in [0.1, 0.15) is 18.7 Å². The molecule has 0 bridgehead atoms. The number of hydrogen-bond donors (Lipinski definition) is 2. The summed E-state index contributed by atoms with van der Waals surface area (Å²) in [6.07, 6.45) is 4.74.